The number of thiophene rings is 1. The van der Waals surface area contributed by atoms with Gasteiger partial charge in [-0.1, -0.05) is 18.2 Å². The second kappa shape index (κ2) is 9.02. The zero-order valence-corrected chi connectivity index (χ0v) is 19.2. The van der Waals surface area contributed by atoms with Gasteiger partial charge >= 0.3 is 0 Å². The Morgan fingerprint density at radius 3 is 2.34 bits per heavy atom. The molecule has 0 saturated carbocycles. The number of fused-ring (bicyclic) bond motifs is 1. The number of anilines is 2. The van der Waals surface area contributed by atoms with Crippen molar-refractivity contribution < 1.29 is 17.9 Å². The van der Waals surface area contributed by atoms with E-state index in [-0.39, 0.29) is 11.7 Å². The Hall–Kier alpha value is -3.36. The minimum absolute atomic E-state index is 0.0218. The van der Waals surface area contributed by atoms with Gasteiger partial charge in [-0.25, -0.2) is 8.42 Å². The van der Waals surface area contributed by atoms with Crippen LogP contribution < -0.4 is 14.4 Å². The molecule has 0 saturated heterocycles. The van der Waals surface area contributed by atoms with Crippen LogP contribution in [0.2, 0.25) is 0 Å². The lowest BCUT2D eigenvalue weighted by Crippen LogP contribution is -2.27. The van der Waals surface area contributed by atoms with E-state index in [1.165, 1.54) is 22.7 Å². The van der Waals surface area contributed by atoms with Crippen LogP contribution in [0.4, 0.5) is 11.4 Å². The first-order chi connectivity index (χ1) is 15.4. The highest BCUT2D eigenvalue weighted by molar-refractivity contribution is 7.92. The maximum absolute atomic E-state index is 12.7. The summed E-state index contributed by atoms with van der Waals surface area (Å²) in [6.45, 7) is 1.61. The molecule has 8 heteroatoms. The second-order valence-corrected chi connectivity index (χ2v) is 10.5. The van der Waals surface area contributed by atoms with Crippen LogP contribution in [0.5, 0.6) is 11.5 Å². The highest BCUT2D eigenvalue weighted by atomic mass is 32.2. The Labute approximate surface area is 191 Å². The molecule has 4 rings (SSSR count). The van der Waals surface area contributed by atoms with E-state index in [0.717, 1.165) is 15.8 Å². The molecular weight excluding hydrogens is 444 g/mol. The fourth-order valence-electron chi connectivity index (χ4n) is 3.12. The van der Waals surface area contributed by atoms with Crippen LogP contribution in [0.3, 0.4) is 0 Å². The van der Waals surface area contributed by atoms with Crippen LogP contribution in [0.15, 0.2) is 78.9 Å². The lowest BCUT2D eigenvalue weighted by Gasteiger charge is -2.18. The van der Waals surface area contributed by atoms with Crippen molar-refractivity contribution in [2.45, 2.75) is 6.92 Å². The Morgan fingerprint density at radius 2 is 1.66 bits per heavy atom. The molecule has 0 fully saturated rings. The lowest BCUT2D eigenvalue weighted by molar-refractivity contribution is 0.103. The summed E-state index contributed by atoms with van der Waals surface area (Å²) in [5, 5.41) is 3.71. The molecule has 1 N–H and O–H groups in total. The van der Waals surface area contributed by atoms with Crippen LogP contribution >= 0.6 is 11.3 Å². The molecule has 1 amide bonds. The van der Waals surface area contributed by atoms with Gasteiger partial charge in [0.25, 0.3) is 5.91 Å². The fraction of sp³-hybridized carbons (Fsp3) is 0.125. The van der Waals surface area contributed by atoms with Crippen molar-refractivity contribution in [1.29, 1.82) is 0 Å². The molecule has 1 heterocycles. The van der Waals surface area contributed by atoms with E-state index >= 15 is 0 Å². The van der Waals surface area contributed by atoms with Crippen LogP contribution in [0, 0.1) is 0 Å². The smallest absolute Gasteiger partial charge is 0.265 e. The largest absolute Gasteiger partial charge is 0.457 e. The van der Waals surface area contributed by atoms with Gasteiger partial charge in [-0.15, -0.1) is 11.3 Å². The Bertz CT molecular complexity index is 1350. The molecular formula is C24H22N2O4S2. The monoisotopic (exact) mass is 466 g/mol. The van der Waals surface area contributed by atoms with Gasteiger partial charge < -0.3 is 10.1 Å². The molecule has 1 aromatic heterocycles. The summed E-state index contributed by atoms with van der Waals surface area (Å²) in [5.74, 6) is 1.22. The highest BCUT2D eigenvalue weighted by Gasteiger charge is 2.17. The number of carbonyl (C=O) groups is 1. The molecule has 164 valence electrons. The fourth-order valence-corrected chi connectivity index (χ4v) is 4.88. The summed E-state index contributed by atoms with van der Waals surface area (Å²) in [6, 6.07) is 23.8. The predicted octanol–water partition coefficient (Wildman–Crippen LogP) is 5.73. The standard InChI is InChI=1S/C24H22N2O4S2/c1-3-32(28,29)26(2)19-11-14-22-17(15-19)16-23(31-22)24(27)25-18-9-12-21(13-10-18)30-20-7-5-4-6-8-20/h4-16H,3H2,1-2H3,(H,25,27). The van der Waals surface area contributed by atoms with E-state index < -0.39 is 10.0 Å². The maximum Gasteiger partial charge on any atom is 0.265 e. The third kappa shape index (κ3) is 4.76. The van der Waals surface area contributed by atoms with Crippen LogP contribution in [-0.2, 0) is 10.0 Å². The Balaban J connectivity index is 1.48. The zero-order valence-electron chi connectivity index (χ0n) is 17.6. The first-order valence-electron chi connectivity index (χ1n) is 10.0. The molecule has 0 bridgehead atoms. The molecule has 0 aliphatic heterocycles. The summed E-state index contributed by atoms with van der Waals surface area (Å²) in [4.78, 5) is 13.3. The van der Waals surface area contributed by atoms with Crippen molar-refractivity contribution >= 4 is 48.7 Å². The molecule has 4 aromatic rings. The quantitative estimate of drug-likeness (QED) is 0.377. The average molecular weight is 467 g/mol. The van der Waals surface area contributed by atoms with Crippen molar-refractivity contribution in [3.05, 3.63) is 83.7 Å². The number of carbonyl (C=O) groups excluding carboxylic acids is 1. The van der Waals surface area contributed by atoms with Crippen molar-refractivity contribution in [1.82, 2.24) is 0 Å². The SMILES string of the molecule is CCS(=O)(=O)N(C)c1ccc2sc(C(=O)Nc3ccc(Oc4ccccc4)cc3)cc2c1. The molecule has 0 aliphatic rings. The molecule has 0 radical (unpaired) electrons. The van der Waals surface area contributed by atoms with Crippen LogP contribution in [-0.4, -0.2) is 27.1 Å². The molecule has 6 nitrogen and oxygen atoms in total. The third-order valence-electron chi connectivity index (χ3n) is 4.96. The number of rotatable bonds is 7. The molecule has 0 spiro atoms. The van der Waals surface area contributed by atoms with Gasteiger partial charge in [-0.3, -0.25) is 9.10 Å². The lowest BCUT2D eigenvalue weighted by atomic mass is 10.2. The topological polar surface area (TPSA) is 75.7 Å². The number of para-hydroxylation sites is 1. The number of hydrogen-bond acceptors (Lipinski definition) is 5. The van der Waals surface area contributed by atoms with Gasteiger partial charge in [0.15, 0.2) is 0 Å². The van der Waals surface area contributed by atoms with E-state index in [1.54, 1.807) is 49.4 Å². The van der Waals surface area contributed by atoms with E-state index in [2.05, 4.69) is 5.32 Å². The third-order valence-corrected chi connectivity index (χ3v) is 7.85. The van der Waals surface area contributed by atoms with E-state index in [9.17, 15) is 13.2 Å². The van der Waals surface area contributed by atoms with Gasteiger partial charge in [-0.2, -0.15) is 0 Å². The predicted molar refractivity (Wildman–Crippen MR) is 131 cm³/mol. The number of benzene rings is 3. The summed E-state index contributed by atoms with van der Waals surface area (Å²) in [5.41, 5.74) is 1.22. The Kier molecular flexibility index (Phi) is 6.16. The summed E-state index contributed by atoms with van der Waals surface area (Å²) >= 11 is 1.36. The summed E-state index contributed by atoms with van der Waals surface area (Å²) in [7, 11) is -1.81. The van der Waals surface area contributed by atoms with Gasteiger partial charge in [0, 0.05) is 17.4 Å². The molecule has 0 aliphatic carbocycles. The minimum atomic E-state index is -3.35. The highest BCUT2D eigenvalue weighted by Crippen LogP contribution is 2.31. The number of hydrogen-bond donors (Lipinski definition) is 1. The normalized spacial score (nSPS) is 11.3. The molecule has 0 unspecified atom stereocenters. The number of nitrogens with one attached hydrogen (secondary N) is 1. The molecule has 32 heavy (non-hydrogen) atoms. The van der Waals surface area contributed by atoms with E-state index in [1.807, 2.05) is 36.4 Å². The van der Waals surface area contributed by atoms with E-state index in [4.69, 9.17) is 4.74 Å². The number of amides is 1. The van der Waals surface area contributed by atoms with E-state index in [0.29, 0.717) is 22.0 Å². The van der Waals surface area contributed by atoms with Crippen molar-refractivity contribution in [2.75, 3.05) is 22.4 Å². The number of sulfonamides is 1. The second-order valence-electron chi connectivity index (χ2n) is 7.09. The molecule has 3 aromatic carbocycles. The first-order valence-corrected chi connectivity index (χ1v) is 12.4. The maximum atomic E-state index is 12.7. The number of ether oxygens (including phenoxy) is 1. The number of nitrogens with zero attached hydrogens (tertiary/aromatic N) is 1. The first kappa shape index (κ1) is 21.9. The van der Waals surface area contributed by atoms with Crippen molar-refractivity contribution in [3.8, 4) is 11.5 Å². The van der Waals surface area contributed by atoms with Gasteiger partial charge in [-0.05, 0) is 73.0 Å². The minimum Gasteiger partial charge on any atom is -0.457 e. The van der Waals surface area contributed by atoms with Gasteiger partial charge in [0.05, 0.1) is 16.3 Å². The summed E-state index contributed by atoms with van der Waals surface area (Å²) in [6.07, 6.45) is 0. The van der Waals surface area contributed by atoms with Crippen molar-refractivity contribution in [3.63, 3.8) is 0 Å². The Morgan fingerprint density at radius 1 is 0.969 bits per heavy atom. The van der Waals surface area contributed by atoms with Crippen LogP contribution in [0.25, 0.3) is 10.1 Å². The molecule has 0 atom stereocenters. The zero-order chi connectivity index (χ0) is 22.7. The van der Waals surface area contributed by atoms with Gasteiger partial charge in [0.2, 0.25) is 10.0 Å². The van der Waals surface area contributed by atoms with Crippen LogP contribution in [0.1, 0.15) is 16.6 Å². The average Bonchev–Trinajstić information content (AvgIpc) is 3.24. The summed E-state index contributed by atoms with van der Waals surface area (Å²) < 4.78 is 32.2. The van der Waals surface area contributed by atoms with Gasteiger partial charge in [0.1, 0.15) is 11.5 Å². The van der Waals surface area contributed by atoms with Crippen molar-refractivity contribution in [2.24, 2.45) is 0 Å².